The quantitative estimate of drug-likeness (QED) is 0.635. The molecule has 0 radical (unpaired) electrons. The molecule has 0 aliphatic carbocycles. The van der Waals surface area contributed by atoms with E-state index in [2.05, 4.69) is 15.2 Å². The molecule has 2 aromatic carbocycles. The molecule has 1 aromatic heterocycles. The first-order valence-electron chi connectivity index (χ1n) is 8.73. The maximum Gasteiger partial charge on any atom is 0.265 e. The second-order valence-corrected chi connectivity index (χ2v) is 8.08. The lowest BCUT2D eigenvalue weighted by Gasteiger charge is -2.13. The van der Waals surface area contributed by atoms with Gasteiger partial charge < -0.3 is 14.6 Å². The zero-order chi connectivity index (χ0) is 21.2. The third-order valence-corrected chi connectivity index (χ3v) is 5.64. The van der Waals surface area contributed by atoms with Crippen LogP contribution in [0.3, 0.4) is 0 Å². The van der Waals surface area contributed by atoms with E-state index >= 15 is 0 Å². The van der Waals surface area contributed by atoms with Gasteiger partial charge in [-0.05, 0) is 55.8 Å². The van der Waals surface area contributed by atoms with E-state index in [1.165, 1.54) is 20.1 Å². The van der Waals surface area contributed by atoms with E-state index in [4.69, 9.17) is 9.26 Å². The van der Waals surface area contributed by atoms with Gasteiger partial charge in [0.1, 0.15) is 16.4 Å². The van der Waals surface area contributed by atoms with Crippen LogP contribution in [0.1, 0.15) is 18.4 Å². The predicted octanol–water partition coefficient (Wildman–Crippen LogP) is 3.73. The summed E-state index contributed by atoms with van der Waals surface area (Å²) in [5.41, 5.74) is 2.98. The Balaban J connectivity index is 1.97. The maximum atomic E-state index is 13.0. The van der Waals surface area contributed by atoms with Gasteiger partial charge >= 0.3 is 0 Å². The van der Waals surface area contributed by atoms with Crippen LogP contribution in [-0.2, 0) is 14.8 Å². The number of hydrogen-bond donors (Lipinski definition) is 2. The van der Waals surface area contributed by atoms with Gasteiger partial charge in [0.15, 0.2) is 0 Å². The zero-order valence-corrected chi connectivity index (χ0v) is 17.3. The Labute approximate surface area is 168 Å². The van der Waals surface area contributed by atoms with E-state index in [0.29, 0.717) is 28.4 Å². The smallest absolute Gasteiger partial charge is 0.265 e. The fourth-order valence-electron chi connectivity index (χ4n) is 2.97. The Morgan fingerprint density at radius 3 is 2.28 bits per heavy atom. The van der Waals surface area contributed by atoms with Crippen LogP contribution in [-0.4, -0.2) is 26.6 Å². The molecule has 0 saturated carbocycles. The number of anilines is 2. The van der Waals surface area contributed by atoms with E-state index in [1.807, 2.05) is 0 Å². The van der Waals surface area contributed by atoms with E-state index < -0.39 is 10.0 Å². The number of benzene rings is 2. The third kappa shape index (κ3) is 4.40. The molecule has 2 N–H and O–H groups in total. The number of sulfonamides is 1. The highest BCUT2D eigenvalue weighted by Gasteiger charge is 2.22. The number of aryl methyl sites for hydroxylation is 2. The van der Waals surface area contributed by atoms with Gasteiger partial charge in [-0.25, -0.2) is 8.42 Å². The van der Waals surface area contributed by atoms with Gasteiger partial charge in [0.2, 0.25) is 5.91 Å². The van der Waals surface area contributed by atoms with Gasteiger partial charge in [-0.2, -0.15) is 0 Å². The molecule has 0 bridgehead atoms. The van der Waals surface area contributed by atoms with Crippen molar-refractivity contribution in [3.8, 4) is 16.9 Å². The molecule has 0 unspecified atom stereocenters. The highest BCUT2D eigenvalue weighted by molar-refractivity contribution is 7.92. The lowest BCUT2D eigenvalue weighted by molar-refractivity contribution is -0.114. The molecule has 29 heavy (non-hydrogen) atoms. The van der Waals surface area contributed by atoms with Crippen molar-refractivity contribution in [1.82, 2.24) is 5.16 Å². The van der Waals surface area contributed by atoms with E-state index in [0.717, 1.165) is 5.56 Å². The standard InChI is InChI=1S/C20H21N3O5S/c1-12-20(13(2)28-22-12)15-5-10-18(27-4)19(11-15)29(25,26)23-17-8-6-16(7-9-17)21-14(3)24/h5-11,23H,1-4H3,(H,21,24). The first-order valence-corrected chi connectivity index (χ1v) is 10.2. The van der Waals surface area contributed by atoms with Gasteiger partial charge in [0, 0.05) is 23.9 Å². The van der Waals surface area contributed by atoms with Crippen molar-refractivity contribution in [1.29, 1.82) is 0 Å². The van der Waals surface area contributed by atoms with Crippen LogP contribution >= 0.6 is 0 Å². The first kappa shape index (κ1) is 20.4. The van der Waals surface area contributed by atoms with Crippen LogP contribution in [0.15, 0.2) is 51.9 Å². The number of rotatable bonds is 6. The van der Waals surface area contributed by atoms with Crippen LogP contribution in [0.5, 0.6) is 5.75 Å². The number of amides is 1. The minimum absolute atomic E-state index is 0.0107. The minimum Gasteiger partial charge on any atom is -0.495 e. The molecular formula is C20H21N3O5S. The van der Waals surface area contributed by atoms with Crippen molar-refractivity contribution in [2.75, 3.05) is 17.1 Å². The topological polar surface area (TPSA) is 111 Å². The van der Waals surface area contributed by atoms with Gasteiger partial charge in [-0.1, -0.05) is 11.2 Å². The van der Waals surface area contributed by atoms with Gasteiger partial charge in [0.25, 0.3) is 10.0 Å². The molecule has 0 saturated heterocycles. The molecule has 0 spiro atoms. The van der Waals surface area contributed by atoms with Gasteiger partial charge in [-0.3, -0.25) is 9.52 Å². The number of aromatic nitrogens is 1. The normalized spacial score (nSPS) is 11.2. The molecule has 1 heterocycles. The summed E-state index contributed by atoms with van der Waals surface area (Å²) >= 11 is 0. The number of hydrogen-bond acceptors (Lipinski definition) is 6. The Kier molecular flexibility index (Phi) is 5.60. The van der Waals surface area contributed by atoms with Crippen LogP contribution in [0.4, 0.5) is 11.4 Å². The fraction of sp³-hybridized carbons (Fsp3) is 0.200. The molecule has 3 aromatic rings. The monoisotopic (exact) mass is 415 g/mol. The van der Waals surface area contributed by atoms with Crippen molar-refractivity contribution < 1.29 is 22.5 Å². The SMILES string of the molecule is COc1ccc(-c2c(C)noc2C)cc1S(=O)(=O)Nc1ccc(NC(C)=O)cc1. The average molecular weight is 415 g/mol. The largest absolute Gasteiger partial charge is 0.495 e. The molecule has 3 rings (SSSR count). The summed E-state index contributed by atoms with van der Waals surface area (Å²) in [6, 6.07) is 11.2. The van der Waals surface area contributed by atoms with E-state index in [1.54, 1.807) is 50.2 Å². The van der Waals surface area contributed by atoms with Crippen molar-refractivity contribution in [3.05, 3.63) is 53.9 Å². The first-order chi connectivity index (χ1) is 13.7. The summed E-state index contributed by atoms with van der Waals surface area (Å²) in [5.74, 6) is 0.597. The number of nitrogens with one attached hydrogen (secondary N) is 2. The van der Waals surface area contributed by atoms with Crippen LogP contribution < -0.4 is 14.8 Å². The van der Waals surface area contributed by atoms with Crippen molar-refractivity contribution in [2.24, 2.45) is 0 Å². The van der Waals surface area contributed by atoms with Crippen LogP contribution in [0.2, 0.25) is 0 Å². The number of methoxy groups -OCH3 is 1. The number of carbonyl (C=O) groups is 1. The lowest BCUT2D eigenvalue weighted by atomic mass is 10.0. The van der Waals surface area contributed by atoms with Gasteiger partial charge in [-0.15, -0.1) is 0 Å². The van der Waals surface area contributed by atoms with Crippen LogP contribution in [0.25, 0.3) is 11.1 Å². The molecule has 1 amide bonds. The van der Waals surface area contributed by atoms with E-state index in [-0.39, 0.29) is 16.6 Å². The van der Waals surface area contributed by atoms with Gasteiger partial charge in [0.05, 0.1) is 12.8 Å². The number of ether oxygens (including phenoxy) is 1. The lowest BCUT2D eigenvalue weighted by Crippen LogP contribution is -2.14. The second kappa shape index (κ2) is 7.96. The predicted molar refractivity (Wildman–Crippen MR) is 110 cm³/mol. The van der Waals surface area contributed by atoms with Crippen LogP contribution in [0, 0.1) is 13.8 Å². The summed E-state index contributed by atoms with van der Waals surface area (Å²) < 4.78 is 39.1. The number of carbonyl (C=O) groups excluding carboxylic acids is 1. The summed E-state index contributed by atoms with van der Waals surface area (Å²) in [5, 5.41) is 6.55. The van der Waals surface area contributed by atoms with Crippen molar-refractivity contribution >= 4 is 27.3 Å². The molecular weight excluding hydrogens is 394 g/mol. The second-order valence-electron chi connectivity index (χ2n) is 6.43. The molecule has 9 heteroatoms. The maximum absolute atomic E-state index is 13.0. The summed E-state index contributed by atoms with van der Waals surface area (Å²) in [7, 11) is -2.54. The third-order valence-electron chi connectivity index (χ3n) is 4.23. The van der Waals surface area contributed by atoms with E-state index in [9.17, 15) is 13.2 Å². The highest BCUT2D eigenvalue weighted by atomic mass is 32.2. The highest BCUT2D eigenvalue weighted by Crippen LogP contribution is 2.34. The molecule has 0 aliphatic rings. The van der Waals surface area contributed by atoms with Crippen molar-refractivity contribution in [2.45, 2.75) is 25.7 Å². The Morgan fingerprint density at radius 2 is 1.72 bits per heavy atom. The average Bonchev–Trinajstić information content (AvgIpc) is 3.00. The Hall–Kier alpha value is -3.33. The van der Waals surface area contributed by atoms with Crippen molar-refractivity contribution in [3.63, 3.8) is 0 Å². The molecule has 152 valence electrons. The summed E-state index contributed by atoms with van der Waals surface area (Å²) in [6.07, 6.45) is 0. The minimum atomic E-state index is -3.94. The molecule has 0 fully saturated rings. The molecule has 0 aliphatic heterocycles. The zero-order valence-electron chi connectivity index (χ0n) is 16.4. The number of nitrogens with zero attached hydrogens (tertiary/aromatic N) is 1. The fourth-order valence-corrected chi connectivity index (χ4v) is 4.23. The summed E-state index contributed by atoms with van der Waals surface area (Å²) in [6.45, 7) is 4.95. The Morgan fingerprint density at radius 1 is 1.07 bits per heavy atom. The summed E-state index contributed by atoms with van der Waals surface area (Å²) in [4.78, 5) is 11.1. The molecule has 0 atom stereocenters. The Bertz CT molecular complexity index is 1130. The molecule has 8 nitrogen and oxygen atoms in total.